The van der Waals surface area contributed by atoms with E-state index in [0.717, 1.165) is 6.61 Å². The zero-order valence-corrected chi connectivity index (χ0v) is 15.4. The molecule has 0 amide bonds. The van der Waals surface area contributed by atoms with E-state index in [4.69, 9.17) is 4.43 Å². The summed E-state index contributed by atoms with van der Waals surface area (Å²) in [6.07, 6.45) is 1.33. The van der Waals surface area contributed by atoms with Crippen LogP contribution in [0.3, 0.4) is 0 Å². The molecule has 0 heterocycles. The van der Waals surface area contributed by atoms with Gasteiger partial charge < -0.3 is 0 Å². The average molecular weight is 259 g/mol. The summed E-state index contributed by atoms with van der Waals surface area (Å²) in [6.45, 7) is 13.4. The van der Waals surface area contributed by atoms with Crippen molar-refractivity contribution in [1.82, 2.24) is 4.90 Å². The first kappa shape index (κ1) is 21.6. The van der Waals surface area contributed by atoms with Gasteiger partial charge in [-0.05, 0) is 0 Å². The van der Waals surface area contributed by atoms with Crippen LogP contribution in [0.5, 0.6) is 0 Å². The first-order valence-corrected chi connectivity index (χ1v) is 10.7. The SMILES string of the molecule is [Li][CH2]C(C)(C)CO[Si](C)(C)C.[Li][CH2]CCN(C)C. The van der Waals surface area contributed by atoms with Crippen LogP contribution in [0.4, 0.5) is 0 Å². The summed E-state index contributed by atoms with van der Waals surface area (Å²) in [5.74, 6) is 0. The molecule has 2 nitrogen and oxygen atoms in total. The van der Waals surface area contributed by atoms with Crippen LogP contribution >= 0.6 is 0 Å². The zero-order valence-electron chi connectivity index (χ0n) is 14.4. The Kier molecular flexibility index (Phi) is 13.3. The van der Waals surface area contributed by atoms with E-state index in [-0.39, 0.29) is 0 Å². The van der Waals surface area contributed by atoms with Gasteiger partial charge in [-0.25, -0.2) is 0 Å². The van der Waals surface area contributed by atoms with Gasteiger partial charge in [0, 0.05) is 0 Å². The molecule has 0 saturated carbocycles. The summed E-state index contributed by atoms with van der Waals surface area (Å²) in [5, 5.41) is 2.50. The van der Waals surface area contributed by atoms with E-state index in [1.807, 2.05) is 0 Å². The van der Waals surface area contributed by atoms with Crippen LogP contribution in [-0.2, 0) is 4.43 Å². The third-order valence-corrected chi connectivity index (χ3v) is 3.82. The summed E-state index contributed by atoms with van der Waals surface area (Å²) < 4.78 is 5.82. The van der Waals surface area contributed by atoms with Gasteiger partial charge in [-0.2, -0.15) is 0 Å². The maximum absolute atomic E-state index is 5.82. The fraction of sp³-hybridized carbons (Fsp3) is 1.00. The van der Waals surface area contributed by atoms with Gasteiger partial charge in [-0.3, -0.25) is 0 Å². The molecule has 0 aromatic heterocycles. The first-order valence-electron chi connectivity index (χ1n) is 7.32. The molecule has 0 aliphatic heterocycles. The number of hydrogen-bond donors (Lipinski definition) is 0. The van der Waals surface area contributed by atoms with Crippen LogP contribution in [0.25, 0.3) is 0 Å². The standard InChI is InChI=1S/C8H19OSi.C5H12N.2Li/c1-8(2,3)7-9-10(4,5)6;1-4-5-6(2)3;;/h1,7H2,2-6H3;1,4-5H2,2-3H3;;. The van der Waals surface area contributed by atoms with E-state index < -0.39 is 8.32 Å². The Morgan fingerprint density at radius 3 is 1.83 bits per heavy atom. The van der Waals surface area contributed by atoms with Gasteiger partial charge >= 0.3 is 136 Å². The summed E-state index contributed by atoms with van der Waals surface area (Å²) in [6, 6.07) is 0. The summed E-state index contributed by atoms with van der Waals surface area (Å²) in [4.78, 5) is 2.21. The minimum atomic E-state index is -1.28. The van der Waals surface area contributed by atoms with Crippen molar-refractivity contribution in [2.45, 2.75) is 50.1 Å². The normalized spacial score (nSPS) is 12.4. The summed E-state index contributed by atoms with van der Waals surface area (Å²) >= 11 is 4.43. The van der Waals surface area contributed by atoms with Crippen LogP contribution in [-0.4, -0.2) is 75.9 Å². The number of nitrogens with zero attached hydrogens (tertiary/aromatic N) is 1. The fourth-order valence-corrected chi connectivity index (χ4v) is 1.81. The molecule has 0 spiro atoms. The van der Waals surface area contributed by atoms with Crippen LogP contribution < -0.4 is 0 Å². The molecule has 0 bridgehead atoms. The molecule has 0 rings (SSSR count). The first-order chi connectivity index (χ1) is 8.04. The number of hydrogen-bond acceptors (Lipinski definition) is 2. The van der Waals surface area contributed by atoms with E-state index in [9.17, 15) is 0 Å². The van der Waals surface area contributed by atoms with Gasteiger partial charge in [0.1, 0.15) is 0 Å². The van der Waals surface area contributed by atoms with Crippen LogP contribution in [0.2, 0.25) is 29.8 Å². The Morgan fingerprint density at radius 1 is 1.11 bits per heavy atom. The Hall–Kier alpha value is 1.33. The number of rotatable bonds is 7. The van der Waals surface area contributed by atoms with Gasteiger partial charge in [0.05, 0.1) is 0 Å². The van der Waals surface area contributed by atoms with E-state index >= 15 is 0 Å². The molecule has 0 saturated heterocycles. The van der Waals surface area contributed by atoms with E-state index in [1.165, 1.54) is 23.2 Å². The Labute approximate surface area is 135 Å². The second-order valence-corrected chi connectivity index (χ2v) is 11.6. The molecule has 0 aromatic carbocycles. The topological polar surface area (TPSA) is 12.5 Å². The van der Waals surface area contributed by atoms with Crippen molar-refractivity contribution in [2.24, 2.45) is 5.41 Å². The fourth-order valence-electron chi connectivity index (χ4n) is 0.988. The van der Waals surface area contributed by atoms with Crippen molar-refractivity contribution in [3.8, 4) is 0 Å². The molecule has 0 N–H and O–H groups in total. The molecule has 0 radical (unpaired) electrons. The Bertz CT molecular complexity index is 194. The molecule has 0 aliphatic carbocycles. The molecule has 0 unspecified atom stereocenters. The van der Waals surface area contributed by atoms with Gasteiger partial charge in [0.15, 0.2) is 0 Å². The van der Waals surface area contributed by atoms with E-state index in [1.54, 1.807) is 0 Å². The van der Waals surface area contributed by atoms with Gasteiger partial charge in [-0.15, -0.1) is 0 Å². The van der Waals surface area contributed by atoms with Gasteiger partial charge in [0.2, 0.25) is 0 Å². The van der Waals surface area contributed by atoms with Crippen LogP contribution in [0, 0.1) is 5.41 Å². The van der Waals surface area contributed by atoms with Crippen molar-refractivity contribution in [1.29, 1.82) is 0 Å². The molecule has 18 heavy (non-hydrogen) atoms. The average Bonchev–Trinajstić information content (AvgIpc) is 2.24. The molecule has 0 aliphatic rings. The minimum absolute atomic E-state index is 0.361. The predicted molar refractivity (Wildman–Crippen MR) is 87.4 cm³/mol. The van der Waals surface area contributed by atoms with Crippen molar-refractivity contribution < 1.29 is 4.43 Å². The van der Waals surface area contributed by atoms with Crippen molar-refractivity contribution in [3.63, 3.8) is 0 Å². The third-order valence-electron chi connectivity index (χ3n) is 2.81. The second kappa shape index (κ2) is 11.0. The van der Waals surface area contributed by atoms with Crippen molar-refractivity contribution >= 4 is 43.7 Å². The van der Waals surface area contributed by atoms with E-state index in [2.05, 4.69) is 87.9 Å². The predicted octanol–water partition coefficient (Wildman–Crippen LogP) is 2.98. The van der Waals surface area contributed by atoms with E-state index in [0.29, 0.717) is 5.41 Å². The van der Waals surface area contributed by atoms with Crippen molar-refractivity contribution in [2.75, 3.05) is 27.2 Å². The maximum atomic E-state index is 5.82. The monoisotopic (exact) mass is 259 g/mol. The molecule has 0 fully saturated rings. The van der Waals surface area contributed by atoms with Crippen molar-refractivity contribution in [3.05, 3.63) is 0 Å². The molecule has 0 aromatic rings. The third kappa shape index (κ3) is 19.7. The molecular formula is C13H31Li2NOSi. The summed E-state index contributed by atoms with van der Waals surface area (Å²) in [5.41, 5.74) is 0.361. The van der Waals surface area contributed by atoms with Gasteiger partial charge in [0.25, 0.3) is 0 Å². The Morgan fingerprint density at radius 2 is 1.61 bits per heavy atom. The Balaban J connectivity index is 0. The summed E-state index contributed by atoms with van der Waals surface area (Å²) in [7, 11) is 2.93. The quantitative estimate of drug-likeness (QED) is 0.652. The van der Waals surface area contributed by atoms with Gasteiger partial charge in [-0.1, -0.05) is 0 Å². The molecule has 5 heteroatoms. The molecule has 100 valence electrons. The van der Waals surface area contributed by atoms with Crippen LogP contribution in [0.15, 0.2) is 0 Å². The second-order valence-electron chi connectivity index (χ2n) is 7.08. The molecule has 0 atom stereocenters. The van der Waals surface area contributed by atoms with Crippen LogP contribution in [0.1, 0.15) is 20.3 Å². The zero-order chi connectivity index (χ0) is 14.8. The molecular weight excluding hydrogens is 228 g/mol.